The van der Waals surface area contributed by atoms with Crippen LogP contribution < -0.4 is 10.6 Å². The zero-order valence-corrected chi connectivity index (χ0v) is 11.6. The van der Waals surface area contributed by atoms with Gasteiger partial charge in [0.1, 0.15) is 0 Å². The number of carboxylic acids is 1. The Morgan fingerprint density at radius 2 is 2.05 bits per heavy atom. The highest BCUT2D eigenvalue weighted by Crippen LogP contribution is 2.34. The summed E-state index contributed by atoms with van der Waals surface area (Å²) in [6.07, 6.45) is 4.39. The smallest absolute Gasteiger partial charge is 0.337 e. The van der Waals surface area contributed by atoms with E-state index in [0.717, 1.165) is 18.8 Å². The van der Waals surface area contributed by atoms with Crippen molar-refractivity contribution in [3.63, 3.8) is 0 Å². The molecule has 0 aliphatic heterocycles. The topological polar surface area (TPSA) is 78.4 Å². The van der Waals surface area contributed by atoms with Crippen LogP contribution in [0.5, 0.6) is 0 Å². The van der Waals surface area contributed by atoms with E-state index in [1.54, 1.807) is 18.2 Å². The van der Waals surface area contributed by atoms with Gasteiger partial charge in [0, 0.05) is 6.04 Å². The van der Waals surface area contributed by atoms with Crippen LogP contribution in [0.2, 0.25) is 0 Å². The summed E-state index contributed by atoms with van der Waals surface area (Å²) >= 11 is 0. The van der Waals surface area contributed by atoms with Gasteiger partial charge in [-0.3, -0.25) is 0 Å². The van der Waals surface area contributed by atoms with E-state index in [1.165, 1.54) is 18.9 Å². The maximum absolute atomic E-state index is 11.9. The molecule has 0 radical (unpaired) electrons. The summed E-state index contributed by atoms with van der Waals surface area (Å²) in [5.41, 5.74) is 0.414. The van der Waals surface area contributed by atoms with E-state index in [0.29, 0.717) is 5.69 Å². The highest BCUT2D eigenvalue weighted by atomic mass is 16.4. The van der Waals surface area contributed by atoms with Gasteiger partial charge in [0.15, 0.2) is 0 Å². The third-order valence-electron chi connectivity index (χ3n) is 3.55. The van der Waals surface area contributed by atoms with E-state index in [2.05, 4.69) is 10.6 Å². The summed E-state index contributed by atoms with van der Waals surface area (Å²) in [7, 11) is 0. The van der Waals surface area contributed by atoms with Crippen LogP contribution in [-0.4, -0.2) is 23.1 Å². The number of aromatic carboxylic acids is 1. The summed E-state index contributed by atoms with van der Waals surface area (Å²) in [6.45, 7) is 2.04. The molecular weight excluding hydrogens is 256 g/mol. The first-order valence-corrected chi connectivity index (χ1v) is 7.00. The predicted molar refractivity (Wildman–Crippen MR) is 77.0 cm³/mol. The van der Waals surface area contributed by atoms with E-state index < -0.39 is 5.97 Å². The van der Waals surface area contributed by atoms with Gasteiger partial charge in [-0.2, -0.15) is 0 Å². The van der Waals surface area contributed by atoms with E-state index in [4.69, 9.17) is 5.11 Å². The average Bonchev–Trinajstić information content (AvgIpc) is 3.22. The molecule has 1 unspecified atom stereocenters. The van der Waals surface area contributed by atoms with Crippen molar-refractivity contribution in [1.82, 2.24) is 5.32 Å². The number of carbonyl (C=O) groups is 2. The minimum absolute atomic E-state index is 0.0953. The first-order chi connectivity index (χ1) is 9.60. The number of benzene rings is 1. The lowest BCUT2D eigenvalue weighted by Crippen LogP contribution is -2.38. The number of hydrogen-bond donors (Lipinski definition) is 3. The molecule has 1 saturated carbocycles. The SMILES string of the molecule is CCC(CC1CC1)NC(=O)Nc1ccccc1C(=O)O. The van der Waals surface area contributed by atoms with E-state index in [1.807, 2.05) is 6.92 Å². The number of carbonyl (C=O) groups excluding carboxylic acids is 1. The largest absolute Gasteiger partial charge is 0.478 e. The second kappa shape index (κ2) is 6.41. The Kier molecular flexibility index (Phi) is 4.61. The van der Waals surface area contributed by atoms with Crippen LogP contribution in [-0.2, 0) is 0 Å². The Morgan fingerprint density at radius 1 is 1.35 bits per heavy atom. The molecule has 2 amide bonds. The highest BCUT2D eigenvalue weighted by Gasteiger charge is 2.25. The van der Waals surface area contributed by atoms with E-state index >= 15 is 0 Å². The van der Waals surface area contributed by atoms with Crippen LogP contribution >= 0.6 is 0 Å². The predicted octanol–water partition coefficient (Wildman–Crippen LogP) is 3.09. The van der Waals surface area contributed by atoms with Gasteiger partial charge in [-0.05, 0) is 30.9 Å². The number of amides is 2. The number of anilines is 1. The van der Waals surface area contributed by atoms with Crippen molar-refractivity contribution in [3.05, 3.63) is 29.8 Å². The molecule has 1 fully saturated rings. The maximum Gasteiger partial charge on any atom is 0.337 e. The average molecular weight is 276 g/mol. The van der Waals surface area contributed by atoms with Crippen molar-refractivity contribution in [2.75, 3.05) is 5.32 Å². The molecule has 1 aliphatic rings. The number of carboxylic acid groups (broad SMARTS) is 1. The third-order valence-corrected chi connectivity index (χ3v) is 3.55. The van der Waals surface area contributed by atoms with Crippen LogP contribution in [0.4, 0.5) is 10.5 Å². The summed E-state index contributed by atoms with van der Waals surface area (Å²) in [6, 6.07) is 6.20. The Labute approximate surface area is 118 Å². The quantitative estimate of drug-likeness (QED) is 0.747. The van der Waals surface area contributed by atoms with Gasteiger partial charge in [-0.25, -0.2) is 9.59 Å². The zero-order valence-electron chi connectivity index (χ0n) is 11.6. The lowest BCUT2D eigenvalue weighted by molar-refractivity contribution is 0.0698. The number of nitrogens with one attached hydrogen (secondary N) is 2. The highest BCUT2D eigenvalue weighted by molar-refractivity contribution is 5.99. The molecular formula is C15H20N2O3. The molecule has 3 N–H and O–H groups in total. The number of urea groups is 1. The third kappa shape index (κ3) is 3.98. The van der Waals surface area contributed by atoms with Gasteiger partial charge in [0.2, 0.25) is 0 Å². The zero-order chi connectivity index (χ0) is 14.5. The van der Waals surface area contributed by atoms with Crippen LogP contribution in [0, 0.1) is 5.92 Å². The van der Waals surface area contributed by atoms with Crippen molar-refractivity contribution in [2.45, 2.75) is 38.6 Å². The standard InChI is InChI=1S/C15H20N2O3/c1-2-11(9-10-7-8-10)16-15(20)17-13-6-4-3-5-12(13)14(18)19/h3-6,10-11H,2,7-9H2,1H3,(H,18,19)(H2,16,17,20). The number of rotatable bonds is 6. The summed E-state index contributed by atoms with van der Waals surface area (Å²) in [5.74, 6) is -0.308. The molecule has 5 nitrogen and oxygen atoms in total. The molecule has 1 aromatic carbocycles. The second-order valence-electron chi connectivity index (χ2n) is 5.23. The summed E-state index contributed by atoms with van der Waals surface area (Å²) in [4.78, 5) is 23.0. The van der Waals surface area contributed by atoms with Gasteiger partial charge < -0.3 is 15.7 Å². The van der Waals surface area contributed by atoms with Crippen LogP contribution in [0.3, 0.4) is 0 Å². The Morgan fingerprint density at radius 3 is 2.65 bits per heavy atom. The van der Waals surface area contributed by atoms with Gasteiger partial charge in [0.25, 0.3) is 0 Å². The van der Waals surface area contributed by atoms with Gasteiger partial charge in [0.05, 0.1) is 11.3 Å². The molecule has 0 aromatic heterocycles. The molecule has 1 aromatic rings. The van der Waals surface area contributed by atoms with Gasteiger partial charge >= 0.3 is 12.0 Å². The molecule has 1 atom stereocenters. The second-order valence-corrected chi connectivity index (χ2v) is 5.23. The molecule has 108 valence electrons. The van der Waals surface area contributed by atoms with Crippen LogP contribution in [0.25, 0.3) is 0 Å². The molecule has 20 heavy (non-hydrogen) atoms. The Bertz CT molecular complexity index is 498. The lowest BCUT2D eigenvalue weighted by Gasteiger charge is -2.17. The number of para-hydroxylation sites is 1. The van der Waals surface area contributed by atoms with Gasteiger partial charge in [-0.1, -0.05) is 31.9 Å². The van der Waals surface area contributed by atoms with E-state index in [-0.39, 0.29) is 17.6 Å². The molecule has 5 heteroatoms. The maximum atomic E-state index is 11.9. The van der Waals surface area contributed by atoms with Gasteiger partial charge in [-0.15, -0.1) is 0 Å². The fourth-order valence-electron chi connectivity index (χ4n) is 2.21. The number of hydrogen-bond acceptors (Lipinski definition) is 2. The fourth-order valence-corrected chi connectivity index (χ4v) is 2.21. The van der Waals surface area contributed by atoms with Crippen molar-refractivity contribution in [1.29, 1.82) is 0 Å². The van der Waals surface area contributed by atoms with Crippen LogP contribution in [0.1, 0.15) is 43.0 Å². The molecule has 0 bridgehead atoms. The molecule has 1 aliphatic carbocycles. The molecule has 0 heterocycles. The van der Waals surface area contributed by atoms with Crippen molar-refractivity contribution >= 4 is 17.7 Å². The Hall–Kier alpha value is -2.04. The monoisotopic (exact) mass is 276 g/mol. The first-order valence-electron chi connectivity index (χ1n) is 7.00. The molecule has 2 rings (SSSR count). The normalized spacial score (nSPS) is 15.4. The van der Waals surface area contributed by atoms with Crippen molar-refractivity contribution in [2.24, 2.45) is 5.92 Å². The fraction of sp³-hybridized carbons (Fsp3) is 0.467. The van der Waals surface area contributed by atoms with Crippen LogP contribution in [0.15, 0.2) is 24.3 Å². The molecule has 0 spiro atoms. The van der Waals surface area contributed by atoms with E-state index in [9.17, 15) is 9.59 Å². The molecule has 0 saturated heterocycles. The minimum Gasteiger partial charge on any atom is -0.478 e. The summed E-state index contributed by atoms with van der Waals surface area (Å²) in [5, 5.41) is 14.6. The van der Waals surface area contributed by atoms with Crippen molar-refractivity contribution in [3.8, 4) is 0 Å². The summed E-state index contributed by atoms with van der Waals surface area (Å²) < 4.78 is 0. The lowest BCUT2D eigenvalue weighted by atomic mass is 10.1. The minimum atomic E-state index is -1.05. The van der Waals surface area contributed by atoms with Crippen molar-refractivity contribution < 1.29 is 14.7 Å². The Balaban J connectivity index is 1.94. The first kappa shape index (κ1) is 14.4.